The third kappa shape index (κ3) is 6.69. The first-order valence-electron chi connectivity index (χ1n) is 9.86. The molecule has 0 aliphatic carbocycles. The fourth-order valence-electron chi connectivity index (χ4n) is 2.87. The number of rotatable bonds is 8. The van der Waals surface area contributed by atoms with Gasteiger partial charge in [0.2, 0.25) is 0 Å². The molecule has 0 fully saturated rings. The zero-order chi connectivity index (χ0) is 24.7. The Bertz CT molecular complexity index is 1230. The number of halogens is 2. The zero-order valence-electron chi connectivity index (χ0n) is 18.2. The highest BCUT2D eigenvalue weighted by atomic mass is 79.9. The molecular weight excluding hydrogens is 528 g/mol. The number of methoxy groups -OCH3 is 1. The molecule has 0 aliphatic heterocycles. The SMILES string of the molecule is COc1cc(/C=N/NC(=O)Nc2ccc(Br)c(C)c2)cc(Cl)c1OCc1ccc([N+](=O)[O-])cc1. The summed E-state index contributed by atoms with van der Waals surface area (Å²) in [6.45, 7) is 2.06. The maximum Gasteiger partial charge on any atom is 0.339 e. The minimum atomic E-state index is -0.501. The highest BCUT2D eigenvalue weighted by Crippen LogP contribution is 2.36. The molecule has 3 rings (SSSR count). The molecule has 11 heteroatoms. The lowest BCUT2D eigenvalue weighted by molar-refractivity contribution is -0.384. The molecule has 0 aromatic heterocycles. The zero-order valence-corrected chi connectivity index (χ0v) is 20.5. The number of nitrogens with one attached hydrogen (secondary N) is 2. The average Bonchev–Trinajstić information content (AvgIpc) is 2.80. The molecule has 0 atom stereocenters. The van der Waals surface area contributed by atoms with Crippen LogP contribution in [0.25, 0.3) is 0 Å². The molecule has 0 aliphatic rings. The number of benzene rings is 3. The quantitative estimate of drug-likeness (QED) is 0.202. The molecule has 0 spiro atoms. The molecule has 2 amide bonds. The van der Waals surface area contributed by atoms with Crippen LogP contribution in [0.4, 0.5) is 16.2 Å². The van der Waals surface area contributed by atoms with E-state index in [0.717, 1.165) is 15.6 Å². The second-order valence-corrected chi connectivity index (χ2v) is 8.30. The lowest BCUT2D eigenvalue weighted by Gasteiger charge is -2.13. The summed E-state index contributed by atoms with van der Waals surface area (Å²) in [4.78, 5) is 22.4. The van der Waals surface area contributed by atoms with Crippen LogP contribution in [0.1, 0.15) is 16.7 Å². The number of hydrogen-bond acceptors (Lipinski definition) is 6. The van der Waals surface area contributed by atoms with E-state index in [4.69, 9.17) is 21.1 Å². The number of nitro benzene ring substituents is 1. The van der Waals surface area contributed by atoms with Crippen molar-refractivity contribution in [2.45, 2.75) is 13.5 Å². The first-order valence-corrected chi connectivity index (χ1v) is 11.0. The summed E-state index contributed by atoms with van der Waals surface area (Å²) in [5.74, 6) is 0.682. The molecule has 3 aromatic rings. The second kappa shape index (κ2) is 11.5. The topological polar surface area (TPSA) is 115 Å². The lowest BCUT2D eigenvalue weighted by atomic mass is 10.2. The van der Waals surface area contributed by atoms with E-state index in [-0.39, 0.29) is 17.3 Å². The van der Waals surface area contributed by atoms with E-state index in [2.05, 4.69) is 31.8 Å². The number of carbonyl (C=O) groups is 1. The number of hydrazone groups is 1. The summed E-state index contributed by atoms with van der Waals surface area (Å²) in [6.07, 6.45) is 1.42. The van der Waals surface area contributed by atoms with Crippen LogP contribution in [0, 0.1) is 17.0 Å². The first kappa shape index (κ1) is 25.0. The number of carbonyl (C=O) groups excluding carboxylic acids is 1. The maximum atomic E-state index is 12.1. The molecule has 0 saturated heterocycles. The largest absolute Gasteiger partial charge is 0.493 e. The molecule has 9 nitrogen and oxygen atoms in total. The summed E-state index contributed by atoms with van der Waals surface area (Å²) in [6, 6.07) is 14.2. The predicted molar refractivity (Wildman–Crippen MR) is 134 cm³/mol. The Balaban J connectivity index is 1.62. The van der Waals surface area contributed by atoms with E-state index in [1.807, 2.05) is 19.1 Å². The van der Waals surface area contributed by atoms with Crippen molar-refractivity contribution in [2.24, 2.45) is 5.10 Å². The normalized spacial score (nSPS) is 10.7. The predicted octanol–water partition coefficient (Wildman–Crippen LogP) is 6.06. The van der Waals surface area contributed by atoms with Crippen molar-refractivity contribution in [3.05, 3.63) is 90.9 Å². The number of ether oxygens (including phenoxy) is 2. The van der Waals surface area contributed by atoms with Gasteiger partial charge in [-0.15, -0.1) is 0 Å². The first-order chi connectivity index (χ1) is 16.3. The summed E-state index contributed by atoms with van der Waals surface area (Å²) in [5.41, 5.74) is 5.30. The Morgan fingerprint density at radius 1 is 1.21 bits per heavy atom. The minimum absolute atomic E-state index is 0.00255. The molecule has 0 heterocycles. The fourth-order valence-corrected chi connectivity index (χ4v) is 3.39. The Morgan fingerprint density at radius 2 is 1.94 bits per heavy atom. The smallest absolute Gasteiger partial charge is 0.339 e. The summed E-state index contributed by atoms with van der Waals surface area (Å²) in [5, 5.41) is 17.7. The summed E-state index contributed by atoms with van der Waals surface area (Å²) < 4.78 is 12.1. The Kier molecular flexibility index (Phi) is 8.44. The van der Waals surface area contributed by atoms with Crippen LogP contribution in [0.3, 0.4) is 0 Å². The average molecular weight is 548 g/mol. The fraction of sp³-hybridized carbons (Fsp3) is 0.130. The van der Waals surface area contributed by atoms with Gasteiger partial charge < -0.3 is 14.8 Å². The van der Waals surface area contributed by atoms with Crippen LogP contribution < -0.4 is 20.2 Å². The van der Waals surface area contributed by atoms with E-state index in [1.165, 1.54) is 25.5 Å². The maximum absolute atomic E-state index is 12.1. The highest BCUT2D eigenvalue weighted by molar-refractivity contribution is 9.10. The minimum Gasteiger partial charge on any atom is -0.493 e. The van der Waals surface area contributed by atoms with Crippen LogP contribution in [-0.2, 0) is 6.61 Å². The van der Waals surface area contributed by atoms with Gasteiger partial charge >= 0.3 is 6.03 Å². The van der Waals surface area contributed by atoms with Crippen molar-refractivity contribution >= 4 is 51.2 Å². The van der Waals surface area contributed by atoms with Gasteiger partial charge in [0.15, 0.2) is 11.5 Å². The number of nitrogens with zero attached hydrogens (tertiary/aromatic N) is 2. The van der Waals surface area contributed by atoms with E-state index in [1.54, 1.807) is 30.3 Å². The second-order valence-electron chi connectivity index (χ2n) is 7.03. The molecule has 0 saturated carbocycles. The number of anilines is 1. The van der Waals surface area contributed by atoms with Crippen molar-refractivity contribution in [1.29, 1.82) is 0 Å². The van der Waals surface area contributed by atoms with Crippen molar-refractivity contribution in [2.75, 3.05) is 12.4 Å². The number of hydrogen-bond donors (Lipinski definition) is 2. The Morgan fingerprint density at radius 3 is 2.59 bits per heavy atom. The number of amides is 2. The third-order valence-corrected chi connectivity index (χ3v) is 5.75. The van der Waals surface area contributed by atoms with Gasteiger partial charge in [-0.2, -0.15) is 5.10 Å². The van der Waals surface area contributed by atoms with Crippen LogP contribution in [0.2, 0.25) is 5.02 Å². The van der Waals surface area contributed by atoms with Crippen LogP contribution in [0.5, 0.6) is 11.5 Å². The Hall–Kier alpha value is -3.63. The van der Waals surface area contributed by atoms with Crippen LogP contribution >= 0.6 is 27.5 Å². The molecule has 0 bridgehead atoms. The van der Waals surface area contributed by atoms with E-state index in [0.29, 0.717) is 22.7 Å². The van der Waals surface area contributed by atoms with Gasteiger partial charge in [-0.05, 0) is 66.1 Å². The van der Waals surface area contributed by atoms with Gasteiger partial charge in [0, 0.05) is 22.3 Å². The third-order valence-electron chi connectivity index (χ3n) is 4.58. The van der Waals surface area contributed by atoms with Gasteiger partial charge in [0.1, 0.15) is 6.61 Å². The monoisotopic (exact) mass is 546 g/mol. The molecule has 176 valence electrons. The summed E-state index contributed by atoms with van der Waals surface area (Å²) >= 11 is 9.77. The number of aryl methyl sites for hydroxylation is 1. The highest BCUT2D eigenvalue weighted by Gasteiger charge is 2.13. The molecule has 3 aromatic carbocycles. The molecule has 2 N–H and O–H groups in total. The molecule has 0 unspecified atom stereocenters. The van der Waals surface area contributed by atoms with Gasteiger partial charge in [-0.3, -0.25) is 10.1 Å². The standard InChI is InChI=1S/C23H20BrClN4O5/c1-14-9-17(5-8-19(14)24)27-23(30)28-26-12-16-10-20(25)22(21(11-16)33-2)34-13-15-3-6-18(7-4-15)29(31)32/h3-12H,13H2,1-2H3,(H2,27,28,30)/b26-12+. The van der Waals surface area contributed by atoms with E-state index in [9.17, 15) is 14.9 Å². The van der Waals surface area contributed by atoms with Crippen molar-refractivity contribution in [1.82, 2.24) is 5.43 Å². The van der Waals surface area contributed by atoms with Gasteiger partial charge in [0.05, 0.1) is 23.3 Å². The van der Waals surface area contributed by atoms with Crippen molar-refractivity contribution in [3.63, 3.8) is 0 Å². The Labute approximate surface area is 209 Å². The van der Waals surface area contributed by atoms with Crippen molar-refractivity contribution < 1.29 is 19.2 Å². The molecule has 34 heavy (non-hydrogen) atoms. The van der Waals surface area contributed by atoms with Gasteiger partial charge in [-0.25, -0.2) is 10.2 Å². The van der Waals surface area contributed by atoms with Crippen molar-refractivity contribution in [3.8, 4) is 11.5 Å². The van der Waals surface area contributed by atoms with Gasteiger partial charge in [-0.1, -0.05) is 27.5 Å². The van der Waals surface area contributed by atoms with E-state index < -0.39 is 11.0 Å². The lowest BCUT2D eigenvalue weighted by Crippen LogP contribution is -2.24. The summed E-state index contributed by atoms with van der Waals surface area (Å²) in [7, 11) is 1.47. The van der Waals surface area contributed by atoms with Crippen LogP contribution in [0.15, 0.2) is 64.2 Å². The molecule has 0 radical (unpaired) electrons. The van der Waals surface area contributed by atoms with Gasteiger partial charge in [0.25, 0.3) is 5.69 Å². The number of urea groups is 1. The van der Waals surface area contributed by atoms with Crippen LogP contribution in [-0.4, -0.2) is 24.3 Å². The number of non-ortho nitro benzene ring substituents is 1. The molecular formula is C23H20BrClN4O5. The number of nitro groups is 1. The van der Waals surface area contributed by atoms with E-state index >= 15 is 0 Å².